The third kappa shape index (κ3) is 5.51. The third-order valence-electron chi connectivity index (χ3n) is 3.25. The van der Waals surface area contributed by atoms with Crippen molar-refractivity contribution in [1.29, 1.82) is 0 Å². The zero-order chi connectivity index (χ0) is 16.5. The summed E-state index contributed by atoms with van der Waals surface area (Å²) in [5.74, 6) is 0. The predicted octanol–water partition coefficient (Wildman–Crippen LogP) is 2.07. The average molecular weight is 318 g/mol. The van der Waals surface area contributed by atoms with E-state index in [2.05, 4.69) is 15.8 Å². The maximum Gasteiger partial charge on any atom is 0.335 e. The highest BCUT2D eigenvalue weighted by Gasteiger charge is 2.15. The first-order valence-corrected chi connectivity index (χ1v) is 7.25. The highest BCUT2D eigenvalue weighted by Crippen LogP contribution is 2.18. The van der Waals surface area contributed by atoms with Gasteiger partial charge in [0.05, 0.1) is 16.6 Å². The van der Waals surface area contributed by atoms with Gasteiger partial charge in [0.1, 0.15) is 0 Å². The van der Waals surface area contributed by atoms with Crippen molar-refractivity contribution in [2.75, 3.05) is 13.2 Å². The fraction of sp³-hybridized carbons (Fsp3) is 0.333. The smallest absolute Gasteiger partial charge is 0.335 e. The molecule has 1 aromatic carbocycles. The molecule has 0 radical (unpaired) electrons. The van der Waals surface area contributed by atoms with Crippen LogP contribution >= 0.6 is 0 Å². The summed E-state index contributed by atoms with van der Waals surface area (Å²) in [4.78, 5) is 21.9. The second-order valence-corrected chi connectivity index (χ2v) is 4.91. The number of benzene rings is 1. The van der Waals surface area contributed by atoms with Crippen LogP contribution in [0.3, 0.4) is 0 Å². The molecule has 8 nitrogen and oxygen atoms in total. The fourth-order valence-corrected chi connectivity index (χ4v) is 2.13. The Bertz CT molecular complexity index is 609. The van der Waals surface area contributed by atoms with E-state index in [1.54, 1.807) is 24.3 Å². The first kappa shape index (κ1) is 16.6. The van der Waals surface area contributed by atoms with Crippen molar-refractivity contribution in [3.05, 3.63) is 46.0 Å². The average Bonchev–Trinajstić information content (AvgIpc) is 3.06. The number of hydrazone groups is 1. The van der Waals surface area contributed by atoms with Crippen LogP contribution in [0.4, 0.5) is 10.5 Å². The number of nitrogens with zero attached hydrogens (tertiary/aromatic N) is 2. The number of urea groups is 1. The van der Waals surface area contributed by atoms with Gasteiger partial charge in [-0.15, -0.1) is 0 Å². The summed E-state index contributed by atoms with van der Waals surface area (Å²) in [6, 6.07) is 5.94. The van der Waals surface area contributed by atoms with Crippen molar-refractivity contribution in [1.82, 2.24) is 10.7 Å². The lowest BCUT2D eigenvalue weighted by Crippen LogP contribution is -2.37. The van der Waals surface area contributed by atoms with Crippen LogP contribution in [0, 0.1) is 10.1 Å². The molecule has 0 spiro atoms. The molecule has 0 aromatic heterocycles. The van der Waals surface area contributed by atoms with E-state index in [9.17, 15) is 14.9 Å². The molecule has 1 aliphatic rings. The molecular weight excluding hydrogens is 300 g/mol. The van der Waals surface area contributed by atoms with Crippen LogP contribution < -0.4 is 10.7 Å². The van der Waals surface area contributed by atoms with Gasteiger partial charge in [0, 0.05) is 25.4 Å². The second kappa shape index (κ2) is 8.64. The maximum atomic E-state index is 11.5. The van der Waals surface area contributed by atoms with E-state index >= 15 is 0 Å². The van der Waals surface area contributed by atoms with E-state index in [-0.39, 0.29) is 11.8 Å². The van der Waals surface area contributed by atoms with Crippen molar-refractivity contribution < 1.29 is 14.5 Å². The number of hydrogen-bond donors (Lipinski definition) is 2. The number of rotatable bonds is 6. The summed E-state index contributed by atoms with van der Waals surface area (Å²) in [6.45, 7) is 1.19. The zero-order valence-corrected chi connectivity index (χ0v) is 12.5. The number of amides is 2. The number of allylic oxidation sites excluding steroid dienone is 1. The molecule has 2 amide bonds. The number of carbonyl (C=O) groups excluding carboxylic acids is 1. The summed E-state index contributed by atoms with van der Waals surface area (Å²) < 4.78 is 5.38. The molecule has 8 heteroatoms. The highest BCUT2D eigenvalue weighted by atomic mass is 16.6. The molecule has 1 atom stereocenters. The topological polar surface area (TPSA) is 106 Å². The fourth-order valence-electron chi connectivity index (χ4n) is 2.13. The molecule has 1 heterocycles. The van der Waals surface area contributed by atoms with Crippen LogP contribution in [-0.2, 0) is 4.74 Å². The van der Waals surface area contributed by atoms with Crippen molar-refractivity contribution >= 4 is 24.0 Å². The van der Waals surface area contributed by atoms with Gasteiger partial charge >= 0.3 is 6.03 Å². The van der Waals surface area contributed by atoms with Crippen molar-refractivity contribution in [3.63, 3.8) is 0 Å². The molecule has 2 N–H and O–H groups in total. The molecular formula is C15H18N4O4. The van der Waals surface area contributed by atoms with E-state index < -0.39 is 11.0 Å². The largest absolute Gasteiger partial charge is 0.376 e. The second-order valence-electron chi connectivity index (χ2n) is 4.91. The monoisotopic (exact) mass is 318 g/mol. The van der Waals surface area contributed by atoms with Gasteiger partial charge in [-0.1, -0.05) is 12.1 Å². The number of hydrogen-bond acceptors (Lipinski definition) is 5. The number of nitro benzene ring substituents is 1. The summed E-state index contributed by atoms with van der Waals surface area (Å²) in [5, 5.41) is 17.2. The van der Waals surface area contributed by atoms with E-state index in [0.717, 1.165) is 19.4 Å². The molecule has 2 rings (SSSR count). The van der Waals surface area contributed by atoms with Gasteiger partial charge < -0.3 is 10.1 Å². The van der Waals surface area contributed by atoms with E-state index in [1.807, 2.05) is 0 Å². The number of ether oxygens (including phenoxy) is 1. The molecule has 1 saturated heterocycles. The molecule has 0 saturated carbocycles. The third-order valence-corrected chi connectivity index (χ3v) is 3.25. The predicted molar refractivity (Wildman–Crippen MR) is 86.1 cm³/mol. The van der Waals surface area contributed by atoms with Crippen molar-refractivity contribution in [3.8, 4) is 0 Å². The van der Waals surface area contributed by atoms with E-state index in [4.69, 9.17) is 4.74 Å². The molecule has 0 unspecified atom stereocenters. The van der Waals surface area contributed by atoms with Crippen LogP contribution in [0.1, 0.15) is 18.4 Å². The Morgan fingerprint density at radius 2 is 2.30 bits per heavy atom. The first-order valence-electron chi connectivity index (χ1n) is 7.25. The molecule has 1 fully saturated rings. The first-order chi connectivity index (χ1) is 11.2. The molecule has 1 aliphatic heterocycles. The summed E-state index contributed by atoms with van der Waals surface area (Å²) in [7, 11) is 0. The van der Waals surface area contributed by atoms with Gasteiger partial charge in [-0.2, -0.15) is 5.10 Å². The summed E-state index contributed by atoms with van der Waals surface area (Å²) in [6.07, 6.45) is 6.45. The Morgan fingerprint density at radius 1 is 1.48 bits per heavy atom. The standard InChI is InChI=1S/C15H18N4O4/c20-15(16-11-13-7-4-10-23-13)18-17-9-3-6-12-5-1-2-8-14(12)19(21)22/h1-3,5-6,8-9,13H,4,7,10-11H2,(H2,16,18,20)/b6-3+,17-9?/t13-/m0/s1. The lowest BCUT2D eigenvalue weighted by Gasteiger charge is -2.09. The Balaban J connectivity index is 1.75. The van der Waals surface area contributed by atoms with Crippen LogP contribution in [0.2, 0.25) is 0 Å². The highest BCUT2D eigenvalue weighted by molar-refractivity contribution is 5.81. The minimum absolute atomic E-state index is 0.0133. The lowest BCUT2D eigenvalue weighted by atomic mass is 10.2. The van der Waals surface area contributed by atoms with E-state index in [1.165, 1.54) is 18.4 Å². The SMILES string of the molecule is O=C(NC[C@@H]1CCCO1)NN=C/C=C/c1ccccc1[N+](=O)[O-]. The number of carbonyl (C=O) groups is 1. The maximum absolute atomic E-state index is 11.5. The van der Waals surface area contributed by atoms with Gasteiger partial charge in [0.15, 0.2) is 0 Å². The van der Waals surface area contributed by atoms with Crippen LogP contribution in [0.25, 0.3) is 6.08 Å². The van der Waals surface area contributed by atoms with E-state index in [0.29, 0.717) is 12.1 Å². The van der Waals surface area contributed by atoms with Gasteiger partial charge in [-0.05, 0) is 31.1 Å². The number of para-hydroxylation sites is 1. The van der Waals surface area contributed by atoms with Crippen molar-refractivity contribution in [2.45, 2.75) is 18.9 Å². The van der Waals surface area contributed by atoms with Gasteiger partial charge in [0.25, 0.3) is 5.69 Å². The van der Waals surface area contributed by atoms with Gasteiger partial charge in [0.2, 0.25) is 0 Å². The molecule has 122 valence electrons. The lowest BCUT2D eigenvalue weighted by molar-refractivity contribution is -0.385. The van der Waals surface area contributed by atoms with Crippen LogP contribution in [0.15, 0.2) is 35.4 Å². The minimum atomic E-state index is -0.451. The number of nitrogens with one attached hydrogen (secondary N) is 2. The summed E-state index contributed by atoms with van der Waals surface area (Å²) in [5.41, 5.74) is 2.79. The minimum Gasteiger partial charge on any atom is -0.376 e. The molecule has 1 aromatic rings. The van der Waals surface area contributed by atoms with Gasteiger partial charge in [-0.25, -0.2) is 10.2 Å². The Hall–Kier alpha value is -2.74. The quantitative estimate of drug-likeness (QED) is 0.476. The normalized spacial score (nSPS) is 17.7. The number of nitro groups is 1. The molecule has 23 heavy (non-hydrogen) atoms. The Morgan fingerprint density at radius 3 is 3.04 bits per heavy atom. The van der Waals surface area contributed by atoms with Crippen LogP contribution in [-0.4, -0.2) is 36.4 Å². The molecule has 0 bridgehead atoms. The Labute approximate surface area is 133 Å². The summed E-state index contributed by atoms with van der Waals surface area (Å²) >= 11 is 0. The van der Waals surface area contributed by atoms with Crippen LogP contribution in [0.5, 0.6) is 0 Å². The Kier molecular flexibility index (Phi) is 6.25. The zero-order valence-electron chi connectivity index (χ0n) is 12.5. The molecule has 0 aliphatic carbocycles. The van der Waals surface area contributed by atoms with Crippen molar-refractivity contribution in [2.24, 2.45) is 5.10 Å². The van der Waals surface area contributed by atoms with Gasteiger partial charge in [-0.3, -0.25) is 10.1 Å².